The Balaban J connectivity index is 1.79. The van der Waals surface area contributed by atoms with Crippen molar-refractivity contribution < 1.29 is 24.3 Å². The van der Waals surface area contributed by atoms with Gasteiger partial charge in [0.2, 0.25) is 0 Å². The van der Waals surface area contributed by atoms with Crippen molar-refractivity contribution in [2.75, 3.05) is 26.2 Å². The van der Waals surface area contributed by atoms with E-state index in [1.165, 1.54) is 10.5 Å². The average molecular weight is 492 g/mol. The lowest BCUT2D eigenvalue weighted by atomic mass is 9.85. The largest absolute Gasteiger partial charge is 0.507 e. The van der Waals surface area contributed by atoms with Crippen LogP contribution in [0.3, 0.4) is 0 Å². The van der Waals surface area contributed by atoms with Gasteiger partial charge in [-0.25, -0.2) is 0 Å². The van der Waals surface area contributed by atoms with Crippen LogP contribution >= 0.6 is 0 Å². The quantitative estimate of drug-likeness (QED) is 0.352. The summed E-state index contributed by atoms with van der Waals surface area (Å²) in [5, 5.41) is 11.4. The Morgan fingerprint density at radius 1 is 1.08 bits per heavy atom. The van der Waals surface area contributed by atoms with Crippen molar-refractivity contribution in [3.8, 4) is 5.75 Å². The van der Waals surface area contributed by atoms with Crippen LogP contribution in [-0.4, -0.2) is 54.0 Å². The molecule has 2 atom stereocenters. The van der Waals surface area contributed by atoms with Crippen LogP contribution in [0.2, 0.25) is 0 Å². The first kappa shape index (κ1) is 26.0. The lowest BCUT2D eigenvalue weighted by Crippen LogP contribution is -3.12. The molecule has 0 aromatic heterocycles. The third kappa shape index (κ3) is 4.92. The summed E-state index contributed by atoms with van der Waals surface area (Å²) in [7, 11) is 0. The van der Waals surface area contributed by atoms with Gasteiger partial charge in [-0.2, -0.15) is 0 Å². The SMILES string of the molecule is CC[NH+](CC)CCN1C(=O)C(=O)C(=C(O)c2ccc3c(c2)C[C@@H](C)O3)[C@H]1c1ccc(C(C)(C)C)cc1. The van der Waals surface area contributed by atoms with Crippen molar-refractivity contribution in [1.29, 1.82) is 0 Å². The Labute approximate surface area is 214 Å². The van der Waals surface area contributed by atoms with Gasteiger partial charge >= 0.3 is 0 Å². The number of nitrogens with one attached hydrogen (secondary N) is 1. The molecule has 0 radical (unpaired) electrons. The zero-order valence-electron chi connectivity index (χ0n) is 22.4. The number of ether oxygens (including phenoxy) is 1. The Kier molecular flexibility index (Phi) is 7.28. The molecule has 2 aromatic carbocycles. The smallest absolute Gasteiger partial charge is 0.295 e. The summed E-state index contributed by atoms with van der Waals surface area (Å²) in [5.74, 6) is -0.502. The molecular weight excluding hydrogens is 452 g/mol. The predicted molar refractivity (Wildman–Crippen MR) is 141 cm³/mol. The minimum absolute atomic E-state index is 0.0178. The zero-order chi connectivity index (χ0) is 26.2. The molecular formula is C30H39N2O4+. The minimum atomic E-state index is -0.628. The monoisotopic (exact) mass is 491 g/mol. The Morgan fingerprint density at radius 2 is 1.75 bits per heavy atom. The fraction of sp³-hybridized carbons (Fsp3) is 0.467. The van der Waals surface area contributed by atoms with Gasteiger partial charge in [0.1, 0.15) is 17.6 Å². The molecule has 0 unspecified atom stereocenters. The first-order chi connectivity index (χ1) is 17.0. The van der Waals surface area contributed by atoms with Gasteiger partial charge in [0.05, 0.1) is 37.8 Å². The zero-order valence-corrected chi connectivity index (χ0v) is 22.4. The van der Waals surface area contributed by atoms with Crippen LogP contribution < -0.4 is 9.64 Å². The summed E-state index contributed by atoms with van der Waals surface area (Å²) < 4.78 is 5.80. The fourth-order valence-electron chi connectivity index (χ4n) is 5.23. The van der Waals surface area contributed by atoms with Gasteiger partial charge in [-0.3, -0.25) is 9.59 Å². The third-order valence-corrected chi connectivity index (χ3v) is 7.51. The number of benzene rings is 2. The molecule has 2 N–H and O–H groups in total. The van der Waals surface area contributed by atoms with Crippen LogP contribution in [-0.2, 0) is 21.4 Å². The lowest BCUT2D eigenvalue weighted by molar-refractivity contribution is -0.895. The van der Waals surface area contributed by atoms with E-state index in [9.17, 15) is 14.7 Å². The first-order valence-corrected chi connectivity index (χ1v) is 13.1. The highest BCUT2D eigenvalue weighted by Gasteiger charge is 2.46. The number of likely N-dealkylation sites (N-methyl/N-ethyl adjacent to an activating group) is 1. The second-order valence-electron chi connectivity index (χ2n) is 11.0. The normalized spacial score (nSPS) is 21.2. The van der Waals surface area contributed by atoms with E-state index in [1.807, 2.05) is 31.2 Å². The number of carbonyl (C=O) groups is 2. The topological polar surface area (TPSA) is 71.3 Å². The van der Waals surface area contributed by atoms with E-state index >= 15 is 0 Å². The van der Waals surface area contributed by atoms with Crippen molar-refractivity contribution in [2.24, 2.45) is 0 Å². The van der Waals surface area contributed by atoms with Crippen molar-refractivity contribution >= 4 is 17.4 Å². The van der Waals surface area contributed by atoms with Crippen molar-refractivity contribution in [3.05, 3.63) is 70.3 Å². The van der Waals surface area contributed by atoms with E-state index in [2.05, 4.69) is 46.8 Å². The van der Waals surface area contributed by atoms with Crippen LogP contribution in [0.25, 0.3) is 5.76 Å². The summed E-state index contributed by atoms with van der Waals surface area (Å²) >= 11 is 0. The van der Waals surface area contributed by atoms with Gasteiger partial charge in [0, 0.05) is 12.0 Å². The van der Waals surface area contributed by atoms with Crippen molar-refractivity contribution in [3.63, 3.8) is 0 Å². The van der Waals surface area contributed by atoms with E-state index in [-0.39, 0.29) is 22.9 Å². The molecule has 2 aliphatic heterocycles. The van der Waals surface area contributed by atoms with Gasteiger partial charge in [-0.1, -0.05) is 45.0 Å². The second-order valence-corrected chi connectivity index (χ2v) is 11.0. The molecule has 2 heterocycles. The molecule has 0 bridgehead atoms. The summed E-state index contributed by atoms with van der Waals surface area (Å²) in [6.45, 7) is 15.8. The van der Waals surface area contributed by atoms with Crippen LogP contribution in [0, 0.1) is 0 Å². The number of carbonyl (C=O) groups excluding carboxylic acids is 2. The molecule has 4 rings (SSSR count). The third-order valence-electron chi connectivity index (χ3n) is 7.51. The number of hydrogen-bond acceptors (Lipinski definition) is 4. The maximum Gasteiger partial charge on any atom is 0.295 e. The Morgan fingerprint density at radius 3 is 2.36 bits per heavy atom. The number of Topliss-reactive ketones (excluding diaryl/α,β-unsaturated/α-hetero) is 1. The average Bonchev–Trinajstić information content (AvgIpc) is 3.34. The maximum atomic E-state index is 13.4. The number of quaternary nitrogens is 1. The Hall–Kier alpha value is -3.12. The molecule has 0 aliphatic carbocycles. The molecule has 6 nitrogen and oxygen atoms in total. The molecule has 6 heteroatoms. The molecule has 0 saturated carbocycles. The first-order valence-electron chi connectivity index (χ1n) is 13.1. The van der Waals surface area contributed by atoms with E-state index in [1.54, 1.807) is 11.0 Å². The number of likely N-dealkylation sites (tertiary alicyclic amines) is 1. The second kappa shape index (κ2) is 10.1. The lowest BCUT2D eigenvalue weighted by Gasteiger charge is -2.27. The van der Waals surface area contributed by atoms with Gasteiger partial charge in [-0.05, 0) is 61.1 Å². The fourth-order valence-corrected chi connectivity index (χ4v) is 5.23. The molecule has 1 fully saturated rings. The molecule has 1 saturated heterocycles. The van der Waals surface area contributed by atoms with Gasteiger partial charge in [0.25, 0.3) is 11.7 Å². The molecule has 2 aromatic rings. The van der Waals surface area contributed by atoms with Crippen molar-refractivity contribution in [2.45, 2.75) is 65.5 Å². The van der Waals surface area contributed by atoms with E-state index in [0.717, 1.165) is 42.9 Å². The van der Waals surface area contributed by atoms with Crippen molar-refractivity contribution in [1.82, 2.24) is 4.90 Å². The molecule has 192 valence electrons. The summed E-state index contributed by atoms with van der Waals surface area (Å²) in [5.41, 5.74) is 3.67. The number of fused-ring (bicyclic) bond motifs is 1. The van der Waals surface area contributed by atoms with Crippen LogP contribution in [0.4, 0.5) is 0 Å². The standard InChI is InChI=1S/C30H38N2O4/c1-7-31(8-2)15-16-32-26(20-9-12-23(13-10-20)30(4,5)6)25(28(34)29(32)35)27(33)21-11-14-24-22(18-21)17-19(3)36-24/h9-14,18-19,26,33H,7-8,15-17H2,1-6H3/p+1/t19-,26-/m1/s1. The summed E-state index contributed by atoms with van der Waals surface area (Å²) in [4.78, 5) is 29.6. The molecule has 0 spiro atoms. The number of hydrogen-bond donors (Lipinski definition) is 2. The number of aliphatic hydroxyl groups excluding tert-OH is 1. The van der Waals surface area contributed by atoms with Gasteiger partial charge < -0.3 is 19.6 Å². The van der Waals surface area contributed by atoms with Crippen LogP contribution in [0.5, 0.6) is 5.75 Å². The molecule has 2 aliphatic rings. The van der Waals surface area contributed by atoms with Crippen LogP contribution in [0.1, 0.15) is 69.8 Å². The van der Waals surface area contributed by atoms with E-state index in [4.69, 9.17) is 4.74 Å². The number of aliphatic hydroxyl groups is 1. The highest BCUT2D eigenvalue weighted by atomic mass is 16.5. The predicted octanol–water partition coefficient (Wildman–Crippen LogP) is 3.65. The highest BCUT2D eigenvalue weighted by molar-refractivity contribution is 6.46. The van der Waals surface area contributed by atoms with E-state index < -0.39 is 17.7 Å². The van der Waals surface area contributed by atoms with Crippen LogP contribution in [0.15, 0.2) is 48.0 Å². The number of amides is 1. The summed E-state index contributed by atoms with van der Waals surface area (Å²) in [6.07, 6.45) is 0.821. The van der Waals surface area contributed by atoms with E-state index in [0.29, 0.717) is 12.1 Å². The molecule has 1 amide bonds. The minimum Gasteiger partial charge on any atom is -0.507 e. The number of nitrogens with zero attached hydrogens (tertiary/aromatic N) is 1. The number of ketones is 1. The highest BCUT2D eigenvalue weighted by Crippen LogP contribution is 2.40. The Bertz CT molecular complexity index is 1170. The van der Waals surface area contributed by atoms with Gasteiger partial charge in [0.15, 0.2) is 0 Å². The summed E-state index contributed by atoms with van der Waals surface area (Å²) in [6, 6.07) is 12.9. The number of rotatable bonds is 7. The maximum absolute atomic E-state index is 13.4. The van der Waals surface area contributed by atoms with Gasteiger partial charge in [-0.15, -0.1) is 0 Å². The molecule has 36 heavy (non-hydrogen) atoms.